The van der Waals surface area contributed by atoms with Gasteiger partial charge >= 0.3 is 29.6 Å². The Morgan fingerprint density at radius 3 is 2.83 bits per heavy atom. The van der Waals surface area contributed by atoms with Crippen LogP contribution >= 0.6 is 0 Å². The van der Waals surface area contributed by atoms with Gasteiger partial charge in [-0.1, -0.05) is 36.0 Å². The Morgan fingerprint density at radius 1 is 1.25 bits per heavy atom. The number of anilines is 1. The number of ether oxygens (including phenoxy) is 1. The first-order valence-corrected chi connectivity index (χ1v) is 11.3. The van der Waals surface area contributed by atoms with E-state index in [-0.39, 0.29) is 53.4 Å². The van der Waals surface area contributed by atoms with Crippen LogP contribution in [-0.4, -0.2) is 47.7 Å². The van der Waals surface area contributed by atoms with Crippen LogP contribution in [-0.2, 0) is 24.2 Å². The van der Waals surface area contributed by atoms with E-state index in [1.807, 2.05) is 6.07 Å². The smallest absolute Gasteiger partial charge is 0.695 e. The number of benzene rings is 2. The number of hydrogen-bond acceptors (Lipinski definition) is 5. The summed E-state index contributed by atoms with van der Waals surface area (Å²) in [6.07, 6.45) is 4.43. The maximum Gasteiger partial charge on any atom is 1.00 e. The summed E-state index contributed by atoms with van der Waals surface area (Å²) in [6.45, 7) is 1.91. The topological polar surface area (TPSA) is 140 Å². The van der Waals surface area contributed by atoms with Gasteiger partial charge in [0.15, 0.2) is 5.84 Å². The van der Waals surface area contributed by atoms with E-state index in [9.17, 15) is 4.79 Å². The number of carbonyl (C=O) groups is 1. The predicted octanol–water partition coefficient (Wildman–Crippen LogP) is 0.700. The number of rotatable bonds is 7. The monoisotopic (exact) mass is 493 g/mol. The van der Waals surface area contributed by atoms with E-state index < -0.39 is 0 Å². The van der Waals surface area contributed by atoms with Gasteiger partial charge in [0, 0.05) is 24.8 Å². The van der Waals surface area contributed by atoms with Crippen LogP contribution in [0, 0.1) is 5.41 Å². The molecule has 2 heterocycles. The Hall–Kier alpha value is -3.24. The Morgan fingerprint density at radius 2 is 2.08 bits per heavy atom. The van der Waals surface area contributed by atoms with Gasteiger partial charge in [-0.25, -0.2) is 4.99 Å². The van der Waals surface area contributed by atoms with Crippen LogP contribution in [0.2, 0.25) is 0 Å². The van der Waals surface area contributed by atoms with Crippen LogP contribution in [0.5, 0.6) is 5.75 Å². The van der Waals surface area contributed by atoms with E-state index in [2.05, 4.69) is 32.3 Å². The number of amides is 1. The fourth-order valence-electron chi connectivity index (χ4n) is 4.11. The molecule has 0 spiro atoms. The molecule has 2 aromatic carbocycles. The molecule has 10 heteroatoms. The Bertz CT molecular complexity index is 1260. The van der Waals surface area contributed by atoms with Crippen molar-refractivity contribution in [2.45, 2.75) is 19.4 Å². The van der Waals surface area contributed by atoms with Crippen LogP contribution in [0.1, 0.15) is 22.3 Å². The summed E-state index contributed by atoms with van der Waals surface area (Å²) in [5.41, 5.74) is 18.9. The van der Waals surface area contributed by atoms with Crippen molar-refractivity contribution < 1.29 is 39.1 Å². The molecule has 180 valence electrons. The van der Waals surface area contributed by atoms with Crippen LogP contribution < -0.4 is 45.3 Å². The number of aromatic nitrogens is 1. The Balaban J connectivity index is 0.00000361. The Kier molecular flexibility index (Phi) is 9.60. The van der Waals surface area contributed by atoms with Crippen molar-refractivity contribution in [1.82, 2.24) is 9.88 Å². The van der Waals surface area contributed by atoms with Gasteiger partial charge < -0.3 is 21.5 Å². The maximum absolute atomic E-state index is 12.4. The molecule has 0 saturated carbocycles. The number of hydrogen-bond donors (Lipinski definition) is 3. The van der Waals surface area contributed by atoms with Crippen molar-refractivity contribution in [2.24, 2.45) is 10.7 Å². The first kappa shape index (κ1) is 27.3. The van der Waals surface area contributed by atoms with E-state index in [0.717, 1.165) is 24.1 Å². The fraction of sp³-hybridized carbons (Fsp3) is 0.231. The molecular weight excluding hydrogens is 465 g/mol. The number of methoxy groups -OCH3 is 1. The summed E-state index contributed by atoms with van der Waals surface area (Å²) in [7, 11) is 1.49. The van der Waals surface area contributed by atoms with Crippen molar-refractivity contribution in [2.75, 3.05) is 25.5 Å². The molecule has 1 amide bonds. The molecule has 0 aliphatic carbocycles. The van der Waals surface area contributed by atoms with Crippen LogP contribution in [0.3, 0.4) is 0 Å². The van der Waals surface area contributed by atoms with Gasteiger partial charge in [-0.3, -0.25) is 20.1 Å². The summed E-state index contributed by atoms with van der Waals surface area (Å²) < 4.78 is 5.16. The summed E-state index contributed by atoms with van der Waals surface area (Å²) in [6, 6.07) is 14.8. The molecule has 1 aromatic heterocycles. The number of amidine groups is 2. The van der Waals surface area contributed by atoms with E-state index in [0.29, 0.717) is 35.9 Å². The van der Waals surface area contributed by atoms with Crippen LogP contribution in [0.25, 0.3) is 5.73 Å². The number of nitrogens with two attached hydrogens (primary N) is 1. The van der Waals surface area contributed by atoms with E-state index in [4.69, 9.17) is 21.6 Å². The first-order valence-electron chi connectivity index (χ1n) is 11.3. The minimum absolute atomic E-state index is 0. The second kappa shape index (κ2) is 12.6. The van der Waals surface area contributed by atoms with Crippen molar-refractivity contribution in [3.05, 3.63) is 88.9 Å². The van der Waals surface area contributed by atoms with E-state index in [1.165, 1.54) is 12.7 Å². The third-order valence-corrected chi connectivity index (χ3v) is 5.81. The molecule has 1 aliphatic heterocycles. The summed E-state index contributed by atoms with van der Waals surface area (Å²) in [5, 5.41) is 11.1. The Labute approximate surface area is 232 Å². The van der Waals surface area contributed by atoms with E-state index in [1.54, 1.807) is 42.7 Å². The zero-order valence-corrected chi connectivity index (χ0v) is 22.5. The average Bonchev–Trinajstić information content (AvgIpc) is 2.84. The molecule has 3 aromatic rings. The van der Waals surface area contributed by atoms with Crippen molar-refractivity contribution in [1.29, 1.82) is 5.41 Å². The number of carbonyl (C=O) groups excluding carboxylic acids is 1. The average molecular weight is 494 g/mol. The molecule has 0 unspecified atom stereocenters. The molecule has 0 fully saturated rings. The number of nitrogens with one attached hydrogen (secondary N) is 3. The largest absolute Gasteiger partial charge is 1.00 e. The second-order valence-corrected chi connectivity index (χ2v) is 8.36. The van der Waals surface area contributed by atoms with E-state index >= 15 is 0 Å². The van der Waals surface area contributed by atoms with Gasteiger partial charge in [-0.15, -0.1) is 0 Å². The first-order chi connectivity index (χ1) is 16.9. The number of fused-ring (bicyclic) bond motifs is 1. The molecular formula is C26H28N7NaO2. The fourth-order valence-corrected chi connectivity index (χ4v) is 4.11. The molecule has 0 radical (unpaired) electrons. The zero-order valence-electron chi connectivity index (χ0n) is 20.5. The predicted molar refractivity (Wildman–Crippen MR) is 137 cm³/mol. The van der Waals surface area contributed by atoms with Gasteiger partial charge in [0.1, 0.15) is 11.6 Å². The van der Waals surface area contributed by atoms with Crippen molar-refractivity contribution in [3.8, 4) is 5.75 Å². The summed E-state index contributed by atoms with van der Waals surface area (Å²) in [4.78, 5) is 22.8. The van der Waals surface area contributed by atoms with Gasteiger partial charge in [0.2, 0.25) is 5.91 Å². The zero-order chi connectivity index (χ0) is 24.8. The molecule has 4 rings (SSSR count). The molecule has 9 nitrogen and oxygen atoms in total. The normalized spacial score (nSPS) is 13.3. The van der Waals surface area contributed by atoms with Crippen LogP contribution in [0.4, 0.5) is 11.4 Å². The number of pyridine rings is 1. The van der Waals surface area contributed by atoms with Crippen molar-refractivity contribution in [3.63, 3.8) is 0 Å². The minimum atomic E-state index is -0.0909. The molecule has 36 heavy (non-hydrogen) atoms. The van der Waals surface area contributed by atoms with Gasteiger partial charge in [-0.2, -0.15) is 0 Å². The maximum atomic E-state index is 12.4. The molecule has 5 N–H and O–H groups in total. The molecule has 1 aliphatic rings. The molecule has 0 saturated heterocycles. The summed E-state index contributed by atoms with van der Waals surface area (Å²) >= 11 is 0. The third kappa shape index (κ3) is 6.92. The molecule has 0 atom stereocenters. The third-order valence-electron chi connectivity index (χ3n) is 5.81. The van der Waals surface area contributed by atoms with Crippen molar-refractivity contribution >= 4 is 29.0 Å². The van der Waals surface area contributed by atoms with Gasteiger partial charge in [0.05, 0.1) is 32.0 Å². The quantitative estimate of drug-likeness (QED) is 0.252. The van der Waals surface area contributed by atoms with Crippen LogP contribution in [0.15, 0.2) is 65.9 Å². The van der Waals surface area contributed by atoms with Gasteiger partial charge in [-0.05, 0) is 41.3 Å². The second-order valence-electron chi connectivity index (χ2n) is 8.36. The SMILES string of the molecule is COc1cccc(C(=N)N=C(N)CN2CCc3ccc(CC(=O)Nc4cccnc4)cc3C2)c1[NH-].[Na+]. The molecule has 0 bridgehead atoms. The summed E-state index contributed by atoms with van der Waals surface area (Å²) in [5.74, 6) is 0.545. The number of nitrogens with zero attached hydrogens (tertiary/aromatic N) is 3. The number of aliphatic imine (C=N–C) groups is 1. The minimum Gasteiger partial charge on any atom is -0.695 e. The van der Waals surface area contributed by atoms with Gasteiger partial charge in [0.25, 0.3) is 0 Å². The standard InChI is InChI=1S/C26H29N7O2.Na/c1-35-22-6-2-5-21(25(22)28)26(29)32-23(27)16-33-11-9-18-8-7-17(12-19(18)15-33)13-24(34)31-20-4-3-10-30-14-20;/h2-8,10,12,14H,9,11,13,15-16H2,1H3,(H6,27,28,29,31,32,34);/q;+1/p-1.